The van der Waals surface area contributed by atoms with Crippen LogP contribution >= 0.6 is 22.9 Å². The van der Waals surface area contributed by atoms with Gasteiger partial charge >= 0.3 is 0 Å². The van der Waals surface area contributed by atoms with Crippen molar-refractivity contribution in [3.63, 3.8) is 0 Å². The van der Waals surface area contributed by atoms with Crippen LogP contribution in [0, 0.1) is 0 Å². The highest BCUT2D eigenvalue weighted by atomic mass is 32.2. The third-order valence-corrected chi connectivity index (χ3v) is 8.26. The number of carbonyl (C=O) groups excluding carboxylic acids is 1. The molecule has 32 heavy (non-hydrogen) atoms. The molecule has 3 aromatic heterocycles. The zero-order valence-electron chi connectivity index (χ0n) is 17.0. The number of aromatic nitrogens is 2. The first kappa shape index (κ1) is 21.0. The van der Waals surface area contributed by atoms with Crippen molar-refractivity contribution < 1.29 is 13.2 Å². The second-order valence-electron chi connectivity index (χ2n) is 7.58. The van der Waals surface area contributed by atoms with Gasteiger partial charge in [-0.2, -0.15) is 24.1 Å². The summed E-state index contributed by atoms with van der Waals surface area (Å²) in [4.78, 5) is 19.2. The summed E-state index contributed by atoms with van der Waals surface area (Å²) < 4.78 is 34.2. The van der Waals surface area contributed by atoms with Gasteiger partial charge in [0.15, 0.2) is 5.03 Å². The number of thiophene rings is 1. The van der Waals surface area contributed by atoms with Gasteiger partial charge in [0, 0.05) is 19.3 Å². The quantitative estimate of drug-likeness (QED) is 0.437. The minimum atomic E-state index is -4.04. The minimum Gasteiger partial charge on any atom is -0.339 e. The van der Waals surface area contributed by atoms with E-state index in [0.29, 0.717) is 24.0 Å². The maximum Gasteiger partial charge on any atom is 0.280 e. The van der Waals surface area contributed by atoms with Crippen molar-refractivity contribution in [1.82, 2.24) is 14.3 Å². The van der Waals surface area contributed by atoms with Gasteiger partial charge in [-0.05, 0) is 76.9 Å². The predicted octanol–water partition coefficient (Wildman–Crippen LogP) is 4.85. The molecule has 4 heterocycles. The van der Waals surface area contributed by atoms with Crippen molar-refractivity contribution >= 4 is 54.6 Å². The van der Waals surface area contributed by atoms with Crippen LogP contribution in [0.4, 0.5) is 5.69 Å². The number of hydrogen-bond acceptors (Lipinski definition) is 7. The molecule has 0 saturated carbocycles. The van der Waals surface area contributed by atoms with Gasteiger partial charge in [-0.25, -0.2) is 4.98 Å². The highest BCUT2D eigenvalue weighted by molar-refractivity contribution is 7.92. The van der Waals surface area contributed by atoms with Gasteiger partial charge in [-0.15, -0.1) is 0 Å². The maximum absolute atomic E-state index is 13.3. The van der Waals surface area contributed by atoms with E-state index in [2.05, 4.69) is 14.1 Å². The van der Waals surface area contributed by atoms with Crippen LogP contribution < -0.4 is 4.72 Å². The summed E-state index contributed by atoms with van der Waals surface area (Å²) in [5, 5.41) is 4.31. The number of fused-ring (bicyclic) bond motifs is 1. The Hall–Kier alpha value is -2.82. The number of benzene rings is 1. The summed E-state index contributed by atoms with van der Waals surface area (Å²) in [5.41, 5.74) is 2.40. The first-order chi connectivity index (χ1) is 15.5. The summed E-state index contributed by atoms with van der Waals surface area (Å²) >= 11 is 2.77. The molecule has 1 aliphatic rings. The number of likely N-dealkylation sites (tertiary alicyclic amines) is 1. The van der Waals surface area contributed by atoms with Crippen LogP contribution in [0.1, 0.15) is 29.6 Å². The second kappa shape index (κ2) is 8.61. The zero-order valence-corrected chi connectivity index (χ0v) is 19.5. The SMILES string of the molecule is O=C(c1ccc(-c2ccsc2)cc1NS(=O)(=O)c1nccc2sncc12)N1CCCCC1. The van der Waals surface area contributed by atoms with E-state index >= 15 is 0 Å². The van der Waals surface area contributed by atoms with E-state index in [-0.39, 0.29) is 16.6 Å². The largest absolute Gasteiger partial charge is 0.339 e. The smallest absolute Gasteiger partial charge is 0.280 e. The normalized spacial score (nSPS) is 14.6. The fourth-order valence-corrected chi connectivity index (χ4v) is 6.45. The lowest BCUT2D eigenvalue weighted by Gasteiger charge is -2.27. The fourth-order valence-electron chi connectivity index (χ4n) is 3.87. The summed E-state index contributed by atoms with van der Waals surface area (Å²) in [6.07, 6.45) is 5.97. The highest BCUT2D eigenvalue weighted by Gasteiger charge is 2.26. The van der Waals surface area contributed by atoms with Crippen LogP contribution in [0.25, 0.3) is 21.2 Å². The van der Waals surface area contributed by atoms with Gasteiger partial charge in [0.1, 0.15) is 0 Å². The summed E-state index contributed by atoms with van der Waals surface area (Å²) in [6, 6.07) is 8.99. The summed E-state index contributed by atoms with van der Waals surface area (Å²) in [7, 11) is -4.04. The standard InChI is InChI=1S/C22H20N4O3S3/c27-22(26-9-2-1-3-10-26)17-5-4-15(16-7-11-30-14-16)12-19(17)25-32(28,29)21-18-13-24-31-20(18)6-8-23-21/h4-8,11-14,25H,1-3,9-10H2. The van der Waals surface area contributed by atoms with E-state index < -0.39 is 10.0 Å². The van der Waals surface area contributed by atoms with Crippen molar-refractivity contribution in [3.8, 4) is 11.1 Å². The van der Waals surface area contributed by atoms with E-state index in [1.807, 2.05) is 22.9 Å². The van der Waals surface area contributed by atoms with Crippen LogP contribution in [0.2, 0.25) is 0 Å². The third-order valence-electron chi connectivity index (χ3n) is 5.49. The Labute approximate surface area is 194 Å². The number of carbonyl (C=O) groups is 1. The lowest BCUT2D eigenvalue weighted by atomic mass is 10.0. The van der Waals surface area contributed by atoms with Crippen LogP contribution in [-0.4, -0.2) is 41.7 Å². The Morgan fingerprint density at radius 3 is 2.69 bits per heavy atom. The molecule has 1 amide bonds. The fraction of sp³-hybridized carbons (Fsp3) is 0.227. The Morgan fingerprint density at radius 2 is 1.91 bits per heavy atom. The molecule has 0 atom stereocenters. The number of amides is 1. The molecule has 0 aliphatic carbocycles. The molecule has 4 aromatic rings. The first-order valence-corrected chi connectivity index (χ1v) is 13.4. The number of rotatable bonds is 5. The molecule has 5 rings (SSSR count). The molecule has 1 N–H and O–H groups in total. The molecule has 10 heteroatoms. The number of pyridine rings is 1. The number of sulfonamides is 1. The van der Waals surface area contributed by atoms with Crippen LogP contribution in [0.15, 0.2) is 58.5 Å². The predicted molar refractivity (Wildman–Crippen MR) is 128 cm³/mol. The Kier molecular flexibility index (Phi) is 5.66. The zero-order chi connectivity index (χ0) is 22.1. The number of hydrogen-bond donors (Lipinski definition) is 1. The van der Waals surface area contributed by atoms with E-state index in [0.717, 1.165) is 35.1 Å². The average Bonchev–Trinajstić information content (AvgIpc) is 3.51. The molecule has 7 nitrogen and oxygen atoms in total. The molecule has 0 unspecified atom stereocenters. The van der Waals surface area contributed by atoms with Crippen molar-refractivity contribution in [2.75, 3.05) is 17.8 Å². The topological polar surface area (TPSA) is 92.3 Å². The molecule has 1 aliphatic heterocycles. The van der Waals surface area contributed by atoms with Crippen LogP contribution in [0.5, 0.6) is 0 Å². The maximum atomic E-state index is 13.3. The van der Waals surface area contributed by atoms with Crippen LogP contribution in [-0.2, 0) is 10.0 Å². The van der Waals surface area contributed by atoms with Gasteiger partial charge in [0.25, 0.3) is 15.9 Å². The van der Waals surface area contributed by atoms with E-state index in [9.17, 15) is 13.2 Å². The van der Waals surface area contributed by atoms with Crippen molar-refractivity contribution in [2.24, 2.45) is 0 Å². The lowest BCUT2D eigenvalue weighted by molar-refractivity contribution is 0.0725. The van der Waals surface area contributed by atoms with Crippen molar-refractivity contribution in [2.45, 2.75) is 24.3 Å². The average molecular weight is 485 g/mol. The van der Waals surface area contributed by atoms with Gasteiger partial charge in [0.05, 0.1) is 27.5 Å². The molecule has 1 fully saturated rings. The van der Waals surface area contributed by atoms with Crippen LogP contribution in [0.3, 0.4) is 0 Å². The monoisotopic (exact) mass is 484 g/mol. The van der Waals surface area contributed by atoms with E-state index in [1.54, 1.807) is 34.4 Å². The molecule has 0 bridgehead atoms. The Morgan fingerprint density at radius 1 is 1.06 bits per heavy atom. The van der Waals surface area contributed by atoms with Gasteiger partial charge < -0.3 is 4.90 Å². The number of nitrogens with one attached hydrogen (secondary N) is 1. The molecular weight excluding hydrogens is 464 g/mol. The molecule has 0 spiro atoms. The molecule has 164 valence electrons. The lowest BCUT2D eigenvalue weighted by Crippen LogP contribution is -2.36. The van der Waals surface area contributed by atoms with Crippen molar-refractivity contribution in [1.29, 1.82) is 0 Å². The van der Waals surface area contributed by atoms with Gasteiger partial charge in [-0.1, -0.05) is 6.07 Å². The minimum absolute atomic E-state index is 0.0962. The third kappa shape index (κ3) is 4.01. The highest BCUT2D eigenvalue weighted by Crippen LogP contribution is 2.31. The van der Waals surface area contributed by atoms with Gasteiger partial charge in [-0.3, -0.25) is 9.52 Å². The van der Waals surface area contributed by atoms with Crippen molar-refractivity contribution in [3.05, 3.63) is 59.0 Å². The molecular formula is C22H20N4O3S3. The number of anilines is 1. The summed E-state index contributed by atoms with van der Waals surface area (Å²) in [6.45, 7) is 1.36. The second-order valence-corrected chi connectivity index (χ2v) is 10.8. The Bertz CT molecular complexity index is 1370. The number of nitrogens with zero attached hydrogens (tertiary/aromatic N) is 3. The molecule has 1 saturated heterocycles. The molecule has 1 aromatic carbocycles. The Balaban J connectivity index is 1.58. The first-order valence-electron chi connectivity index (χ1n) is 10.2. The number of piperidine rings is 1. The van der Waals surface area contributed by atoms with E-state index in [4.69, 9.17) is 0 Å². The molecule has 0 radical (unpaired) electrons. The van der Waals surface area contributed by atoms with E-state index in [1.165, 1.54) is 23.9 Å². The van der Waals surface area contributed by atoms with Gasteiger partial charge in [0.2, 0.25) is 0 Å². The summed E-state index contributed by atoms with van der Waals surface area (Å²) in [5.74, 6) is -0.164.